The molecule has 0 saturated carbocycles. The number of imidazole rings is 2. The first-order valence-corrected chi connectivity index (χ1v) is 19.9. The third kappa shape index (κ3) is 6.40. The van der Waals surface area contributed by atoms with E-state index < -0.39 is 0 Å². The topological polar surface area (TPSA) is 74.3 Å². The van der Waals surface area contributed by atoms with Crippen LogP contribution in [-0.2, 0) is 0 Å². The van der Waals surface area contributed by atoms with Crippen LogP contribution in [0.1, 0.15) is 0 Å². The minimum atomic E-state index is 0.587. The lowest BCUT2D eigenvalue weighted by Crippen LogP contribution is -2.02. The van der Waals surface area contributed by atoms with Crippen LogP contribution in [0.2, 0.25) is 0 Å². The van der Waals surface area contributed by atoms with Gasteiger partial charge in [0, 0.05) is 39.2 Å². The summed E-state index contributed by atoms with van der Waals surface area (Å²) in [5, 5.41) is 0. The van der Waals surface area contributed by atoms with Crippen molar-refractivity contribution in [1.29, 1.82) is 0 Å². The lowest BCUT2D eigenvalue weighted by molar-refractivity contribution is 1.07. The highest BCUT2D eigenvalue weighted by atomic mass is 15.1. The number of benzene rings is 8. The molecule has 8 aromatic carbocycles. The second-order valence-corrected chi connectivity index (χ2v) is 14.6. The van der Waals surface area contributed by atoms with Crippen molar-refractivity contribution in [1.82, 2.24) is 34.1 Å². The van der Waals surface area contributed by atoms with Gasteiger partial charge in [-0.3, -0.25) is 9.13 Å². The van der Waals surface area contributed by atoms with E-state index in [0.717, 1.165) is 84.0 Å². The molecule has 11 aromatic rings. The van der Waals surface area contributed by atoms with Crippen LogP contribution >= 0.6 is 0 Å². The first-order chi connectivity index (χ1) is 29.7. The molecule has 0 aliphatic rings. The summed E-state index contributed by atoms with van der Waals surface area (Å²) in [5.41, 5.74) is 13.0. The first-order valence-electron chi connectivity index (χ1n) is 19.9. The average Bonchev–Trinajstić information content (AvgIpc) is 3.92. The van der Waals surface area contributed by atoms with E-state index in [0.29, 0.717) is 17.5 Å². The summed E-state index contributed by atoms with van der Waals surface area (Å²) in [4.78, 5) is 25.4. The summed E-state index contributed by atoms with van der Waals surface area (Å²) in [6.07, 6.45) is 0. The van der Waals surface area contributed by atoms with Gasteiger partial charge in [-0.15, -0.1) is 0 Å². The van der Waals surface area contributed by atoms with Crippen molar-refractivity contribution >= 4 is 22.1 Å². The monoisotopic (exact) mass is 769 g/mol. The maximum Gasteiger partial charge on any atom is 0.164 e. The number of rotatable bonds is 8. The largest absolute Gasteiger partial charge is 0.292 e. The highest BCUT2D eigenvalue weighted by Crippen LogP contribution is 2.33. The summed E-state index contributed by atoms with van der Waals surface area (Å²) < 4.78 is 4.42. The zero-order chi connectivity index (χ0) is 39.8. The number of fused-ring (bicyclic) bond motifs is 2. The molecule has 7 nitrogen and oxygen atoms in total. The van der Waals surface area contributed by atoms with Gasteiger partial charge in [0.15, 0.2) is 17.5 Å². The fraction of sp³-hybridized carbons (Fsp3) is 0. The standard InChI is InChI=1S/C53H35N7/c1-4-14-36(15-5-1)37-24-26-38(27-25-37)49-56-50(39-28-32-43(33-29-39)59-47-22-12-10-20-45(47)54-52(59)41-16-6-2-7-17-41)58-51(57-49)40-30-34-44(35-31-40)60-48-23-13-11-21-46(48)55-53(60)42-18-8-3-9-19-42/h1-35H. The SMILES string of the molecule is c1ccc(-c2ccc(-c3nc(-c4ccc(-n5c(-c6ccccc6)nc6ccccc65)cc4)nc(-c4ccc(-n5c(-c6ccccc6)nc6ccccc65)cc4)n3)cc2)cc1. The van der Waals surface area contributed by atoms with Gasteiger partial charge >= 0.3 is 0 Å². The van der Waals surface area contributed by atoms with Crippen LogP contribution < -0.4 is 0 Å². The Kier molecular flexibility index (Phi) is 8.67. The van der Waals surface area contributed by atoms with Gasteiger partial charge in [0.05, 0.1) is 22.1 Å². The molecular formula is C53H35N7. The van der Waals surface area contributed by atoms with E-state index >= 15 is 0 Å². The molecule has 0 amide bonds. The number of hydrogen-bond donors (Lipinski definition) is 0. The van der Waals surface area contributed by atoms with Crippen LogP contribution in [-0.4, -0.2) is 34.1 Å². The molecule has 0 unspecified atom stereocenters. The highest BCUT2D eigenvalue weighted by molar-refractivity contribution is 5.85. The normalized spacial score (nSPS) is 11.3. The van der Waals surface area contributed by atoms with E-state index in [9.17, 15) is 0 Å². The van der Waals surface area contributed by atoms with Crippen molar-refractivity contribution in [2.45, 2.75) is 0 Å². The Hall–Kier alpha value is -8.29. The summed E-state index contributed by atoms with van der Waals surface area (Å²) in [5.74, 6) is 3.54. The molecule has 7 heteroatoms. The molecule has 0 radical (unpaired) electrons. The third-order valence-corrected chi connectivity index (χ3v) is 10.8. The summed E-state index contributed by atoms with van der Waals surface area (Å²) >= 11 is 0. The fourth-order valence-corrected chi connectivity index (χ4v) is 7.86. The lowest BCUT2D eigenvalue weighted by atomic mass is 10.0. The van der Waals surface area contributed by atoms with Gasteiger partial charge in [0.1, 0.15) is 11.6 Å². The number of hydrogen-bond acceptors (Lipinski definition) is 5. The number of para-hydroxylation sites is 4. The van der Waals surface area contributed by atoms with Crippen molar-refractivity contribution in [2.75, 3.05) is 0 Å². The molecule has 11 rings (SSSR count). The average molecular weight is 770 g/mol. The smallest absolute Gasteiger partial charge is 0.164 e. The quantitative estimate of drug-likeness (QED) is 0.154. The maximum absolute atomic E-state index is 5.12. The predicted octanol–water partition coefficient (Wildman–Crippen LogP) is 12.6. The third-order valence-electron chi connectivity index (χ3n) is 10.8. The molecule has 3 aromatic heterocycles. The summed E-state index contributed by atoms with van der Waals surface area (Å²) in [6, 6.07) is 72.7. The molecule has 3 heterocycles. The molecule has 60 heavy (non-hydrogen) atoms. The van der Waals surface area contributed by atoms with Crippen LogP contribution in [0, 0.1) is 0 Å². The molecule has 0 N–H and O–H groups in total. The highest BCUT2D eigenvalue weighted by Gasteiger charge is 2.18. The van der Waals surface area contributed by atoms with Crippen LogP contribution in [0.5, 0.6) is 0 Å². The van der Waals surface area contributed by atoms with Gasteiger partial charge in [-0.05, 0) is 83.9 Å². The van der Waals surface area contributed by atoms with Gasteiger partial charge in [-0.2, -0.15) is 0 Å². The van der Waals surface area contributed by atoms with Gasteiger partial charge < -0.3 is 0 Å². The Morgan fingerprint density at radius 1 is 0.233 bits per heavy atom. The fourth-order valence-electron chi connectivity index (χ4n) is 7.86. The van der Waals surface area contributed by atoms with Crippen LogP contribution in [0.4, 0.5) is 0 Å². The molecule has 0 aliphatic carbocycles. The van der Waals surface area contributed by atoms with E-state index in [4.69, 9.17) is 24.9 Å². The van der Waals surface area contributed by atoms with Gasteiger partial charge in [0.2, 0.25) is 0 Å². The Balaban J connectivity index is 1.01. The van der Waals surface area contributed by atoms with E-state index in [1.807, 2.05) is 54.6 Å². The van der Waals surface area contributed by atoms with Crippen LogP contribution in [0.25, 0.3) is 102 Å². The van der Waals surface area contributed by atoms with Crippen LogP contribution in [0.3, 0.4) is 0 Å². The summed E-state index contributed by atoms with van der Waals surface area (Å²) in [6.45, 7) is 0. The zero-order valence-corrected chi connectivity index (χ0v) is 32.3. The molecule has 0 saturated heterocycles. The molecule has 282 valence electrons. The second kappa shape index (κ2) is 14.9. The Morgan fingerprint density at radius 2 is 0.533 bits per heavy atom. The van der Waals surface area contributed by atoms with Crippen molar-refractivity contribution in [3.8, 4) is 79.4 Å². The Bertz CT molecular complexity index is 3090. The second-order valence-electron chi connectivity index (χ2n) is 14.6. The molecule has 0 atom stereocenters. The van der Waals surface area contributed by atoms with Crippen molar-refractivity contribution in [3.05, 3.63) is 212 Å². The first kappa shape index (κ1) is 34.9. The number of aromatic nitrogens is 7. The van der Waals surface area contributed by atoms with E-state index in [-0.39, 0.29) is 0 Å². The molecular weight excluding hydrogens is 735 g/mol. The van der Waals surface area contributed by atoms with Crippen molar-refractivity contribution in [2.24, 2.45) is 0 Å². The molecule has 0 fully saturated rings. The van der Waals surface area contributed by atoms with Crippen molar-refractivity contribution < 1.29 is 0 Å². The molecule has 0 aliphatic heterocycles. The molecule has 0 bridgehead atoms. The predicted molar refractivity (Wildman–Crippen MR) is 242 cm³/mol. The van der Waals surface area contributed by atoms with E-state index in [2.05, 4.69) is 167 Å². The Morgan fingerprint density at radius 3 is 0.933 bits per heavy atom. The Labute approximate surface area is 346 Å². The van der Waals surface area contributed by atoms with Crippen molar-refractivity contribution in [3.63, 3.8) is 0 Å². The van der Waals surface area contributed by atoms with E-state index in [1.165, 1.54) is 0 Å². The molecule has 0 spiro atoms. The minimum absolute atomic E-state index is 0.587. The van der Waals surface area contributed by atoms with Gasteiger partial charge in [-0.1, -0.05) is 140 Å². The van der Waals surface area contributed by atoms with E-state index in [1.54, 1.807) is 0 Å². The van der Waals surface area contributed by atoms with Gasteiger partial charge in [-0.25, -0.2) is 24.9 Å². The minimum Gasteiger partial charge on any atom is -0.292 e. The zero-order valence-electron chi connectivity index (χ0n) is 32.3. The number of nitrogens with zero attached hydrogens (tertiary/aromatic N) is 7. The lowest BCUT2D eigenvalue weighted by Gasteiger charge is -2.13. The van der Waals surface area contributed by atoms with Crippen LogP contribution in [0.15, 0.2) is 212 Å². The maximum atomic E-state index is 5.12. The van der Waals surface area contributed by atoms with Gasteiger partial charge in [0.25, 0.3) is 0 Å². The summed E-state index contributed by atoms with van der Waals surface area (Å²) in [7, 11) is 0.